The minimum Gasteiger partial charge on any atom is -0.460 e. The number of nitrogens with one attached hydrogen (secondary N) is 2. The molecule has 13 nitrogen and oxygen atoms in total. The number of carbonyl (C=O) groups is 7. The summed E-state index contributed by atoms with van der Waals surface area (Å²) in [6.45, 7) is 5.44. The molecular formula is C28H34Cl2N4O9. The Morgan fingerprint density at radius 1 is 1.07 bits per heavy atom. The quantitative estimate of drug-likeness (QED) is 0.383. The summed E-state index contributed by atoms with van der Waals surface area (Å²) < 4.78 is 10.4. The van der Waals surface area contributed by atoms with Crippen LogP contribution >= 0.6 is 23.2 Å². The van der Waals surface area contributed by atoms with E-state index in [1.54, 1.807) is 20.8 Å². The first kappa shape index (κ1) is 33.8. The standard InChI is InChI=1S/C28H34Cl2N4O9/c1-15(35)31-18-10-11-22(37)33-12-6-9-20(34(33)26(18)40)25(39)32-19(13-23(38)43-28(2,3)4)21(36)14-42-27(41)24-16(29)7-5-8-17(24)30/h5,7-8,18-20H,6,9-14H2,1-4H3,(H,31,35)(H,32,39). The summed E-state index contributed by atoms with van der Waals surface area (Å²) in [7, 11) is 0. The molecule has 2 N–H and O–H groups in total. The molecule has 2 saturated heterocycles. The summed E-state index contributed by atoms with van der Waals surface area (Å²) in [4.78, 5) is 90.1. The second kappa shape index (κ2) is 14.2. The van der Waals surface area contributed by atoms with Crippen molar-refractivity contribution in [2.75, 3.05) is 13.2 Å². The van der Waals surface area contributed by atoms with Gasteiger partial charge < -0.3 is 20.1 Å². The molecule has 0 saturated carbocycles. The number of amides is 4. The Kier molecular flexibility index (Phi) is 11.1. The lowest BCUT2D eigenvalue weighted by Gasteiger charge is -2.43. The van der Waals surface area contributed by atoms with E-state index in [-0.39, 0.29) is 41.4 Å². The number of ether oxygens (including phenoxy) is 2. The predicted molar refractivity (Wildman–Crippen MR) is 153 cm³/mol. The molecule has 0 aromatic heterocycles. The lowest BCUT2D eigenvalue weighted by molar-refractivity contribution is -0.176. The Labute approximate surface area is 258 Å². The van der Waals surface area contributed by atoms with Crippen LogP contribution in [0.4, 0.5) is 0 Å². The van der Waals surface area contributed by atoms with Crippen LogP contribution in [0, 0.1) is 0 Å². The number of hydrogen-bond donors (Lipinski definition) is 2. The van der Waals surface area contributed by atoms with E-state index in [1.807, 2.05) is 0 Å². The lowest BCUT2D eigenvalue weighted by Crippen LogP contribution is -2.64. The van der Waals surface area contributed by atoms with Crippen molar-refractivity contribution in [3.63, 3.8) is 0 Å². The van der Waals surface area contributed by atoms with E-state index in [9.17, 15) is 33.6 Å². The number of ketones is 1. The van der Waals surface area contributed by atoms with E-state index in [0.717, 1.165) is 5.01 Å². The van der Waals surface area contributed by atoms with Gasteiger partial charge in [0.15, 0.2) is 12.4 Å². The number of carbonyl (C=O) groups excluding carboxylic acids is 7. The number of fused-ring (bicyclic) bond motifs is 1. The van der Waals surface area contributed by atoms with Gasteiger partial charge in [-0.05, 0) is 52.2 Å². The first-order chi connectivity index (χ1) is 20.1. The van der Waals surface area contributed by atoms with Crippen LogP contribution < -0.4 is 10.6 Å². The zero-order chi connectivity index (χ0) is 32.1. The Balaban J connectivity index is 1.82. The summed E-state index contributed by atoms with van der Waals surface area (Å²) in [5.74, 6) is -5.01. The zero-order valence-electron chi connectivity index (χ0n) is 24.2. The highest BCUT2D eigenvalue weighted by Gasteiger charge is 2.45. The van der Waals surface area contributed by atoms with Crippen molar-refractivity contribution in [3.05, 3.63) is 33.8 Å². The van der Waals surface area contributed by atoms with E-state index >= 15 is 0 Å². The van der Waals surface area contributed by atoms with Crippen LogP contribution in [0.1, 0.15) is 70.2 Å². The highest BCUT2D eigenvalue weighted by molar-refractivity contribution is 6.39. The van der Waals surface area contributed by atoms with E-state index in [2.05, 4.69) is 10.6 Å². The van der Waals surface area contributed by atoms with Crippen LogP contribution in [-0.2, 0) is 38.2 Å². The molecule has 2 heterocycles. The summed E-state index contributed by atoms with van der Waals surface area (Å²) in [6.07, 6.45) is -0.0634. The van der Waals surface area contributed by atoms with Crippen molar-refractivity contribution in [2.45, 2.75) is 83.5 Å². The number of hydrogen-bond acceptors (Lipinski definition) is 9. The van der Waals surface area contributed by atoms with Crippen LogP contribution in [0.15, 0.2) is 18.2 Å². The molecule has 2 fully saturated rings. The maximum Gasteiger partial charge on any atom is 0.341 e. The molecule has 3 rings (SSSR count). The van der Waals surface area contributed by atoms with Gasteiger partial charge in [0.1, 0.15) is 23.7 Å². The van der Waals surface area contributed by atoms with Gasteiger partial charge in [-0.25, -0.2) is 9.80 Å². The smallest absolute Gasteiger partial charge is 0.341 e. The average molecular weight is 642 g/mol. The van der Waals surface area contributed by atoms with Crippen LogP contribution in [0.2, 0.25) is 10.0 Å². The largest absolute Gasteiger partial charge is 0.460 e. The van der Waals surface area contributed by atoms with Gasteiger partial charge in [0.05, 0.1) is 22.0 Å². The number of rotatable bonds is 9. The third-order valence-electron chi connectivity index (χ3n) is 6.55. The van der Waals surface area contributed by atoms with Gasteiger partial charge in [-0.3, -0.25) is 33.8 Å². The van der Waals surface area contributed by atoms with E-state index in [4.69, 9.17) is 32.7 Å². The monoisotopic (exact) mass is 640 g/mol. The molecule has 43 heavy (non-hydrogen) atoms. The molecular weight excluding hydrogens is 607 g/mol. The molecule has 0 spiro atoms. The molecule has 4 amide bonds. The number of nitrogens with zero attached hydrogens (tertiary/aromatic N) is 2. The SMILES string of the molecule is CC(=O)NC1CCC(=O)N2CCCC(C(=O)NC(CC(=O)OC(C)(C)C)C(=O)COC(=O)c3c(Cl)cccc3Cl)N2C1=O. The van der Waals surface area contributed by atoms with E-state index in [0.29, 0.717) is 6.42 Å². The van der Waals surface area contributed by atoms with Crippen molar-refractivity contribution in [2.24, 2.45) is 0 Å². The van der Waals surface area contributed by atoms with Crippen molar-refractivity contribution >= 4 is 64.6 Å². The molecule has 1 aromatic carbocycles. The highest BCUT2D eigenvalue weighted by atomic mass is 35.5. The molecule has 0 aliphatic carbocycles. The fourth-order valence-electron chi connectivity index (χ4n) is 4.72. The summed E-state index contributed by atoms with van der Waals surface area (Å²) in [5.41, 5.74) is -1.06. The second-order valence-electron chi connectivity index (χ2n) is 11.1. The molecule has 0 bridgehead atoms. The molecule has 2 aliphatic rings. The van der Waals surface area contributed by atoms with Gasteiger partial charge >= 0.3 is 11.9 Å². The highest BCUT2D eigenvalue weighted by Crippen LogP contribution is 2.26. The Morgan fingerprint density at radius 3 is 2.33 bits per heavy atom. The van der Waals surface area contributed by atoms with Crippen LogP contribution in [0.3, 0.4) is 0 Å². The average Bonchev–Trinajstić information content (AvgIpc) is 3.02. The molecule has 3 unspecified atom stereocenters. The number of benzene rings is 1. The fourth-order valence-corrected chi connectivity index (χ4v) is 5.27. The first-order valence-electron chi connectivity index (χ1n) is 13.7. The number of esters is 2. The molecule has 3 atom stereocenters. The second-order valence-corrected chi connectivity index (χ2v) is 12.0. The van der Waals surface area contributed by atoms with Gasteiger partial charge in [-0.1, -0.05) is 29.3 Å². The van der Waals surface area contributed by atoms with E-state index < -0.39 is 78.1 Å². The van der Waals surface area contributed by atoms with Gasteiger partial charge in [-0.15, -0.1) is 0 Å². The van der Waals surface area contributed by atoms with Gasteiger partial charge in [0.2, 0.25) is 17.7 Å². The van der Waals surface area contributed by atoms with Crippen molar-refractivity contribution < 1.29 is 43.0 Å². The topological polar surface area (TPSA) is 168 Å². The Hall–Kier alpha value is -3.71. The van der Waals surface area contributed by atoms with Gasteiger partial charge in [-0.2, -0.15) is 0 Å². The van der Waals surface area contributed by atoms with Gasteiger partial charge in [0.25, 0.3) is 5.91 Å². The Morgan fingerprint density at radius 2 is 1.72 bits per heavy atom. The number of hydrazine groups is 1. The third kappa shape index (κ3) is 8.90. The fraction of sp³-hybridized carbons (Fsp3) is 0.536. The number of Topliss-reactive ketones (excluding diaryl/α,β-unsaturated/α-hetero) is 1. The van der Waals surface area contributed by atoms with Crippen LogP contribution in [0.5, 0.6) is 0 Å². The molecule has 0 radical (unpaired) electrons. The maximum absolute atomic E-state index is 13.6. The lowest BCUT2D eigenvalue weighted by atomic mass is 10.0. The van der Waals surface area contributed by atoms with Gasteiger partial charge in [0, 0.05) is 19.9 Å². The number of halogens is 2. The van der Waals surface area contributed by atoms with Crippen molar-refractivity contribution in [1.29, 1.82) is 0 Å². The summed E-state index contributed by atoms with van der Waals surface area (Å²) >= 11 is 12.1. The molecule has 1 aromatic rings. The maximum atomic E-state index is 13.6. The van der Waals surface area contributed by atoms with Crippen LogP contribution in [-0.4, -0.2) is 88.2 Å². The van der Waals surface area contributed by atoms with Crippen molar-refractivity contribution in [3.8, 4) is 0 Å². The molecule has 2 aliphatic heterocycles. The predicted octanol–water partition coefficient (Wildman–Crippen LogP) is 1.97. The zero-order valence-corrected chi connectivity index (χ0v) is 25.8. The minimum absolute atomic E-state index is 0.000333. The molecule has 15 heteroatoms. The Bertz CT molecular complexity index is 1290. The summed E-state index contributed by atoms with van der Waals surface area (Å²) in [6, 6.07) is 0.572. The summed E-state index contributed by atoms with van der Waals surface area (Å²) in [5, 5.41) is 7.19. The normalized spacial score (nSPS) is 19.5. The minimum atomic E-state index is -1.52. The van der Waals surface area contributed by atoms with Crippen molar-refractivity contribution in [1.82, 2.24) is 20.7 Å². The molecule has 234 valence electrons. The van der Waals surface area contributed by atoms with Crippen LogP contribution in [0.25, 0.3) is 0 Å². The third-order valence-corrected chi connectivity index (χ3v) is 7.18. The first-order valence-corrected chi connectivity index (χ1v) is 14.4. The van der Waals surface area contributed by atoms with E-state index in [1.165, 1.54) is 30.1 Å².